The third kappa shape index (κ3) is 3.42. The Labute approximate surface area is 163 Å². The minimum Gasteiger partial charge on any atom is -0.507 e. The third-order valence-electron chi connectivity index (χ3n) is 4.46. The van der Waals surface area contributed by atoms with Crippen LogP contribution in [-0.2, 0) is 0 Å². The molecule has 3 aromatic carbocycles. The highest BCUT2D eigenvalue weighted by molar-refractivity contribution is 5.72. The molecule has 1 aromatic heterocycles. The highest BCUT2D eigenvalue weighted by Gasteiger charge is 2.16. The molecule has 5 heteroatoms. The second-order valence-electron chi connectivity index (χ2n) is 6.71. The molecule has 5 nitrogen and oxygen atoms in total. The fourth-order valence-corrected chi connectivity index (χ4v) is 2.99. The van der Waals surface area contributed by atoms with Gasteiger partial charge in [0.2, 0.25) is 0 Å². The van der Waals surface area contributed by atoms with E-state index in [9.17, 15) is 10.2 Å². The maximum Gasteiger partial charge on any atom is 0.167 e. The number of phenols is 2. The van der Waals surface area contributed by atoms with Crippen LogP contribution in [0.2, 0.25) is 0 Å². The predicted octanol–water partition coefficient (Wildman–Crippen LogP) is 4.90. The van der Waals surface area contributed by atoms with Gasteiger partial charge in [-0.2, -0.15) is 0 Å². The van der Waals surface area contributed by atoms with Crippen LogP contribution < -0.4 is 0 Å². The molecule has 0 radical (unpaired) electrons. The summed E-state index contributed by atoms with van der Waals surface area (Å²) in [7, 11) is 0. The Morgan fingerprint density at radius 2 is 1.04 bits per heavy atom. The third-order valence-corrected chi connectivity index (χ3v) is 4.46. The highest BCUT2D eigenvalue weighted by atomic mass is 16.3. The normalized spacial score (nSPS) is 10.8. The van der Waals surface area contributed by atoms with E-state index in [-0.39, 0.29) is 11.5 Å². The first-order valence-corrected chi connectivity index (χ1v) is 8.93. The van der Waals surface area contributed by atoms with Crippen molar-refractivity contribution in [3.05, 3.63) is 77.9 Å². The van der Waals surface area contributed by atoms with Gasteiger partial charge in [0.15, 0.2) is 17.5 Å². The fraction of sp³-hybridized carbons (Fsp3) is 0.0870. The lowest BCUT2D eigenvalue weighted by Crippen LogP contribution is -2.00. The van der Waals surface area contributed by atoms with Crippen LogP contribution >= 0.6 is 0 Å². The maximum atomic E-state index is 10.4. The van der Waals surface area contributed by atoms with Gasteiger partial charge < -0.3 is 10.2 Å². The first kappa shape index (κ1) is 17.7. The second-order valence-corrected chi connectivity index (χ2v) is 6.71. The smallest absolute Gasteiger partial charge is 0.167 e. The molecule has 0 aliphatic rings. The van der Waals surface area contributed by atoms with Crippen LogP contribution in [0.5, 0.6) is 11.5 Å². The first-order chi connectivity index (χ1) is 13.5. The zero-order valence-electron chi connectivity index (χ0n) is 15.6. The molecule has 1 heterocycles. The topological polar surface area (TPSA) is 79.1 Å². The number of hydrogen-bond donors (Lipinski definition) is 2. The van der Waals surface area contributed by atoms with Gasteiger partial charge in [-0.05, 0) is 49.2 Å². The second kappa shape index (κ2) is 7.12. The van der Waals surface area contributed by atoms with Gasteiger partial charge >= 0.3 is 0 Å². The van der Waals surface area contributed by atoms with E-state index in [2.05, 4.69) is 15.0 Å². The van der Waals surface area contributed by atoms with E-state index in [4.69, 9.17) is 0 Å². The van der Waals surface area contributed by atoms with E-state index in [1.807, 2.05) is 56.3 Å². The van der Waals surface area contributed by atoms with E-state index >= 15 is 0 Å². The van der Waals surface area contributed by atoms with E-state index < -0.39 is 0 Å². The van der Waals surface area contributed by atoms with Crippen LogP contribution in [0, 0.1) is 13.8 Å². The molecule has 0 bridgehead atoms. The number of hydrogen-bond acceptors (Lipinski definition) is 5. The molecule has 0 unspecified atom stereocenters. The maximum absolute atomic E-state index is 10.4. The van der Waals surface area contributed by atoms with Crippen molar-refractivity contribution >= 4 is 0 Å². The standard InChI is InChI=1S/C23H19N3O2/c1-14-8-10-17(19(27)12-14)22-24-21(16-6-4-3-5-7-16)25-23(26-22)18-11-9-15(2)13-20(18)28/h3-13,27-28H,1-2H3. The Morgan fingerprint density at radius 3 is 1.50 bits per heavy atom. The Bertz CT molecular complexity index is 1090. The van der Waals surface area contributed by atoms with Crippen LogP contribution in [0.1, 0.15) is 11.1 Å². The van der Waals surface area contributed by atoms with Crippen molar-refractivity contribution in [1.29, 1.82) is 0 Å². The van der Waals surface area contributed by atoms with Crippen LogP contribution in [0.4, 0.5) is 0 Å². The minimum atomic E-state index is 0.101. The Balaban J connectivity index is 1.96. The average Bonchev–Trinajstić information content (AvgIpc) is 2.68. The van der Waals surface area contributed by atoms with Gasteiger partial charge in [0.05, 0.1) is 11.1 Å². The van der Waals surface area contributed by atoms with Gasteiger partial charge in [-0.25, -0.2) is 15.0 Å². The SMILES string of the molecule is Cc1ccc(-c2nc(-c3ccccc3)nc(-c3ccc(C)cc3O)n2)c(O)c1. The molecule has 4 rings (SSSR count). The van der Waals surface area contributed by atoms with Crippen molar-refractivity contribution in [2.45, 2.75) is 13.8 Å². The predicted molar refractivity (Wildman–Crippen MR) is 109 cm³/mol. The van der Waals surface area contributed by atoms with Gasteiger partial charge in [0.1, 0.15) is 11.5 Å². The van der Waals surface area contributed by atoms with Crippen molar-refractivity contribution in [3.8, 4) is 45.7 Å². The molecule has 0 aliphatic heterocycles. The molecule has 0 fully saturated rings. The molecule has 28 heavy (non-hydrogen) atoms. The number of nitrogens with zero attached hydrogens (tertiary/aromatic N) is 3. The number of aryl methyl sites for hydroxylation is 2. The molecule has 0 atom stereocenters. The minimum absolute atomic E-state index is 0.101. The Kier molecular flexibility index (Phi) is 4.49. The summed E-state index contributed by atoms with van der Waals surface area (Å²) < 4.78 is 0. The summed E-state index contributed by atoms with van der Waals surface area (Å²) >= 11 is 0. The van der Waals surface area contributed by atoms with Crippen LogP contribution in [0.3, 0.4) is 0 Å². The van der Waals surface area contributed by atoms with Crippen LogP contribution in [0.25, 0.3) is 34.2 Å². The molecular formula is C23H19N3O2. The van der Waals surface area contributed by atoms with Crippen LogP contribution in [-0.4, -0.2) is 25.2 Å². The molecule has 138 valence electrons. The average molecular weight is 369 g/mol. The highest BCUT2D eigenvalue weighted by Crippen LogP contribution is 2.33. The van der Waals surface area contributed by atoms with Crippen molar-refractivity contribution in [1.82, 2.24) is 15.0 Å². The van der Waals surface area contributed by atoms with Crippen molar-refractivity contribution in [2.24, 2.45) is 0 Å². The molecule has 0 aliphatic carbocycles. The first-order valence-electron chi connectivity index (χ1n) is 8.93. The molecule has 4 aromatic rings. The van der Waals surface area contributed by atoms with Gasteiger partial charge in [0.25, 0.3) is 0 Å². The quantitative estimate of drug-likeness (QED) is 0.537. The van der Waals surface area contributed by atoms with Gasteiger partial charge in [-0.3, -0.25) is 0 Å². The summed E-state index contributed by atoms with van der Waals surface area (Å²) in [4.78, 5) is 13.7. The zero-order chi connectivity index (χ0) is 19.7. The molecule has 0 spiro atoms. The van der Waals surface area contributed by atoms with E-state index in [1.54, 1.807) is 24.3 Å². The van der Waals surface area contributed by atoms with E-state index in [0.29, 0.717) is 28.6 Å². The lowest BCUT2D eigenvalue weighted by molar-refractivity contribution is 0.476. The summed E-state index contributed by atoms with van der Waals surface area (Å²) in [6.45, 7) is 3.81. The fourth-order valence-electron chi connectivity index (χ4n) is 2.99. The van der Waals surface area contributed by atoms with Crippen molar-refractivity contribution < 1.29 is 10.2 Å². The van der Waals surface area contributed by atoms with E-state index in [1.165, 1.54) is 0 Å². The number of benzene rings is 3. The van der Waals surface area contributed by atoms with E-state index in [0.717, 1.165) is 16.7 Å². The van der Waals surface area contributed by atoms with Gasteiger partial charge in [-0.1, -0.05) is 42.5 Å². The van der Waals surface area contributed by atoms with Gasteiger partial charge in [-0.15, -0.1) is 0 Å². The summed E-state index contributed by atoms with van der Waals surface area (Å²) in [6, 6.07) is 20.3. The molecule has 0 amide bonds. The number of phenolic OH excluding ortho intramolecular Hbond substituents is 2. The molecular weight excluding hydrogens is 350 g/mol. The van der Waals surface area contributed by atoms with Crippen molar-refractivity contribution in [2.75, 3.05) is 0 Å². The molecule has 2 N–H and O–H groups in total. The van der Waals surface area contributed by atoms with Crippen molar-refractivity contribution in [3.63, 3.8) is 0 Å². The Morgan fingerprint density at radius 1 is 0.571 bits per heavy atom. The van der Waals surface area contributed by atoms with Gasteiger partial charge in [0, 0.05) is 5.56 Å². The summed E-state index contributed by atoms with van der Waals surface area (Å²) in [5.41, 5.74) is 3.73. The lowest BCUT2D eigenvalue weighted by atomic mass is 10.1. The summed E-state index contributed by atoms with van der Waals surface area (Å²) in [6.07, 6.45) is 0. The zero-order valence-corrected chi connectivity index (χ0v) is 15.6. The van der Waals surface area contributed by atoms with Crippen LogP contribution in [0.15, 0.2) is 66.7 Å². The molecule has 0 saturated carbocycles. The summed E-state index contributed by atoms with van der Waals surface area (Å²) in [5.74, 6) is 1.37. The number of aromatic nitrogens is 3. The monoisotopic (exact) mass is 369 g/mol. The Hall–Kier alpha value is -3.73. The number of aromatic hydroxyl groups is 2. The number of rotatable bonds is 3. The largest absolute Gasteiger partial charge is 0.507 e. The summed E-state index contributed by atoms with van der Waals surface area (Å²) in [5, 5.41) is 20.8. The lowest BCUT2D eigenvalue weighted by Gasteiger charge is -2.10. The molecule has 0 saturated heterocycles.